The van der Waals surface area contributed by atoms with Crippen molar-refractivity contribution in [2.45, 2.75) is 32.7 Å². The van der Waals surface area contributed by atoms with E-state index in [1.54, 1.807) is 0 Å². The molecule has 1 aliphatic heterocycles. The van der Waals surface area contributed by atoms with Crippen molar-refractivity contribution in [1.29, 1.82) is 0 Å². The van der Waals surface area contributed by atoms with Crippen LogP contribution in [0.2, 0.25) is 0 Å². The molecule has 1 heterocycles. The lowest BCUT2D eigenvalue weighted by Crippen LogP contribution is -2.47. The first kappa shape index (κ1) is 19.4. The quantitative estimate of drug-likeness (QED) is 0.570. The molecule has 0 aromatic carbocycles. The van der Waals surface area contributed by atoms with Crippen molar-refractivity contribution >= 4 is 27.8 Å². The summed E-state index contributed by atoms with van der Waals surface area (Å²) in [6.07, 6.45) is 0.450. The van der Waals surface area contributed by atoms with Crippen molar-refractivity contribution in [1.82, 2.24) is 14.5 Å². The van der Waals surface area contributed by atoms with Crippen LogP contribution in [0.5, 0.6) is 0 Å². The number of hydrogen-bond acceptors (Lipinski definition) is 5. The second-order valence-electron chi connectivity index (χ2n) is 5.40. The third-order valence-corrected chi connectivity index (χ3v) is 5.61. The smallest absolute Gasteiger partial charge is 0.326 e. The van der Waals surface area contributed by atoms with E-state index in [4.69, 9.17) is 5.11 Å². The zero-order chi connectivity index (χ0) is 17.6. The molecule has 1 unspecified atom stereocenters. The first-order valence-corrected chi connectivity index (χ1v) is 9.00. The highest BCUT2D eigenvalue weighted by molar-refractivity contribution is 7.89. The zero-order valence-electron chi connectivity index (χ0n) is 13.3. The molecule has 2 N–H and O–H groups in total. The molecule has 0 radical (unpaired) electrons. The van der Waals surface area contributed by atoms with E-state index >= 15 is 0 Å². The third kappa shape index (κ3) is 5.79. The minimum atomic E-state index is -3.28. The van der Waals surface area contributed by atoms with Crippen molar-refractivity contribution in [3.05, 3.63) is 0 Å². The first-order valence-electron chi connectivity index (χ1n) is 7.39. The highest BCUT2D eigenvalue weighted by Gasteiger charge is 2.30. The van der Waals surface area contributed by atoms with E-state index < -0.39 is 27.9 Å². The Bertz CT molecular complexity index is 562. The van der Waals surface area contributed by atoms with E-state index in [0.29, 0.717) is 13.0 Å². The van der Waals surface area contributed by atoms with Gasteiger partial charge in [-0.2, -0.15) is 0 Å². The average molecular weight is 349 g/mol. The number of nitrogens with one attached hydrogen (secondary N) is 1. The monoisotopic (exact) mass is 349 g/mol. The second kappa shape index (κ2) is 8.25. The van der Waals surface area contributed by atoms with Crippen LogP contribution < -0.4 is 5.32 Å². The van der Waals surface area contributed by atoms with Crippen molar-refractivity contribution in [3.8, 4) is 0 Å². The molecule has 1 rings (SSSR count). The van der Waals surface area contributed by atoms with Gasteiger partial charge in [-0.1, -0.05) is 0 Å². The van der Waals surface area contributed by atoms with E-state index in [1.807, 2.05) is 0 Å². The van der Waals surface area contributed by atoms with Gasteiger partial charge < -0.3 is 15.3 Å². The molecule has 1 saturated heterocycles. The molecule has 0 aliphatic carbocycles. The van der Waals surface area contributed by atoms with Crippen LogP contribution in [0.25, 0.3) is 0 Å². The van der Waals surface area contributed by atoms with Gasteiger partial charge in [-0.15, -0.1) is 0 Å². The average Bonchev–Trinajstić information content (AvgIpc) is 2.78. The van der Waals surface area contributed by atoms with E-state index in [2.05, 4.69) is 5.32 Å². The Morgan fingerprint density at radius 3 is 2.48 bits per heavy atom. The Kier molecular flexibility index (Phi) is 6.95. The Hall–Kier alpha value is -1.68. The van der Waals surface area contributed by atoms with Crippen LogP contribution in [-0.4, -0.2) is 78.5 Å². The van der Waals surface area contributed by atoms with Crippen LogP contribution in [0, 0.1) is 0 Å². The van der Waals surface area contributed by atoms with E-state index in [1.165, 1.54) is 18.2 Å². The van der Waals surface area contributed by atoms with Gasteiger partial charge in [0, 0.05) is 39.5 Å². The maximum Gasteiger partial charge on any atom is 0.326 e. The standard InChI is InChI=1S/C13H23N3O6S/c1-10(13(19)20)16(8-5-14-11(2)17)12(18)4-7-15-6-3-9-23(15,21)22/h10H,3-9H2,1-2H3,(H,14,17)(H,19,20). The fourth-order valence-corrected chi connectivity index (χ4v) is 3.86. The normalized spacial score (nSPS) is 18.3. The summed E-state index contributed by atoms with van der Waals surface area (Å²) in [4.78, 5) is 35.4. The van der Waals surface area contributed by atoms with Gasteiger partial charge in [0.05, 0.1) is 5.75 Å². The molecule has 1 atom stereocenters. The van der Waals surface area contributed by atoms with Crippen LogP contribution in [-0.2, 0) is 24.4 Å². The molecule has 0 spiro atoms. The molecule has 23 heavy (non-hydrogen) atoms. The number of nitrogens with zero attached hydrogens (tertiary/aromatic N) is 2. The molecular weight excluding hydrogens is 326 g/mol. The predicted octanol–water partition coefficient (Wildman–Crippen LogP) is -1.15. The first-order chi connectivity index (χ1) is 10.6. The molecule has 1 fully saturated rings. The second-order valence-corrected chi connectivity index (χ2v) is 7.49. The van der Waals surface area contributed by atoms with Crippen LogP contribution in [0.1, 0.15) is 26.7 Å². The lowest BCUT2D eigenvalue weighted by atomic mass is 10.2. The van der Waals surface area contributed by atoms with Crippen molar-refractivity contribution in [3.63, 3.8) is 0 Å². The molecule has 9 nitrogen and oxygen atoms in total. The van der Waals surface area contributed by atoms with Crippen molar-refractivity contribution in [2.75, 3.05) is 31.9 Å². The molecule has 132 valence electrons. The Morgan fingerprint density at radius 1 is 1.35 bits per heavy atom. The minimum absolute atomic E-state index is 0.0458. The molecule has 1 aliphatic rings. The van der Waals surface area contributed by atoms with Gasteiger partial charge in [-0.25, -0.2) is 17.5 Å². The number of sulfonamides is 1. The van der Waals surface area contributed by atoms with Crippen molar-refractivity contribution in [2.24, 2.45) is 0 Å². The summed E-state index contributed by atoms with van der Waals surface area (Å²) in [7, 11) is -3.28. The van der Waals surface area contributed by atoms with Crippen LogP contribution in [0.4, 0.5) is 0 Å². The Labute approximate surface area is 135 Å². The molecule has 2 amide bonds. The summed E-state index contributed by atoms with van der Waals surface area (Å²) in [6, 6.07) is -1.05. The molecular formula is C13H23N3O6S. The summed E-state index contributed by atoms with van der Waals surface area (Å²) in [5, 5.41) is 11.6. The highest BCUT2D eigenvalue weighted by atomic mass is 32.2. The summed E-state index contributed by atoms with van der Waals surface area (Å²) in [5.74, 6) is -1.80. The Balaban J connectivity index is 2.63. The molecule has 10 heteroatoms. The number of rotatable bonds is 8. The summed E-state index contributed by atoms with van der Waals surface area (Å²) in [5.41, 5.74) is 0. The molecule has 0 bridgehead atoms. The van der Waals surface area contributed by atoms with Crippen LogP contribution >= 0.6 is 0 Å². The summed E-state index contributed by atoms with van der Waals surface area (Å²) < 4.78 is 24.6. The van der Waals surface area contributed by atoms with Gasteiger partial charge in [-0.05, 0) is 13.3 Å². The van der Waals surface area contributed by atoms with E-state index in [-0.39, 0.29) is 37.7 Å². The number of carboxylic acids is 1. The molecule has 0 saturated carbocycles. The fourth-order valence-electron chi connectivity index (χ4n) is 2.33. The van der Waals surface area contributed by atoms with Crippen molar-refractivity contribution < 1.29 is 27.9 Å². The van der Waals surface area contributed by atoms with E-state index in [9.17, 15) is 22.8 Å². The lowest BCUT2D eigenvalue weighted by Gasteiger charge is -2.27. The number of carboxylic acid groups (broad SMARTS) is 1. The maximum absolute atomic E-state index is 12.3. The molecule has 0 aromatic heterocycles. The largest absolute Gasteiger partial charge is 0.480 e. The van der Waals surface area contributed by atoms with E-state index in [0.717, 1.165) is 4.90 Å². The lowest BCUT2D eigenvalue weighted by molar-refractivity contribution is -0.149. The fraction of sp³-hybridized carbons (Fsp3) is 0.769. The summed E-state index contributed by atoms with van der Waals surface area (Å²) in [6.45, 7) is 3.32. The number of carbonyl (C=O) groups is 3. The summed E-state index contributed by atoms with van der Waals surface area (Å²) >= 11 is 0. The number of aliphatic carboxylic acids is 1. The Morgan fingerprint density at radius 2 is 2.00 bits per heavy atom. The predicted molar refractivity (Wildman–Crippen MR) is 82.1 cm³/mol. The van der Waals surface area contributed by atoms with Gasteiger partial charge >= 0.3 is 5.97 Å². The maximum atomic E-state index is 12.3. The SMILES string of the molecule is CC(=O)NCCN(C(=O)CCN1CCCS1(=O)=O)C(C)C(=O)O. The van der Waals surface area contributed by atoms with Gasteiger partial charge in [0.1, 0.15) is 6.04 Å². The topological polar surface area (TPSA) is 124 Å². The van der Waals surface area contributed by atoms with Crippen LogP contribution in [0.15, 0.2) is 0 Å². The number of hydrogen-bond donors (Lipinski definition) is 2. The van der Waals surface area contributed by atoms with Gasteiger partial charge in [0.25, 0.3) is 0 Å². The van der Waals surface area contributed by atoms with Gasteiger partial charge in [0.15, 0.2) is 0 Å². The van der Waals surface area contributed by atoms with Crippen LogP contribution in [0.3, 0.4) is 0 Å². The number of amides is 2. The van der Waals surface area contributed by atoms with Gasteiger partial charge in [-0.3, -0.25) is 9.59 Å². The zero-order valence-corrected chi connectivity index (χ0v) is 14.1. The third-order valence-electron chi connectivity index (χ3n) is 3.65. The highest BCUT2D eigenvalue weighted by Crippen LogP contribution is 2.14. The number of carbonyl (C=O) groups excluding carboxylic acids is 2. The minimum Gasteiger partial charge on any atom is -0.480 e. The molecule has 0 aromatic rings. The van der Waals surface area contributed by atoms with Gasteiger partial charge in [0.2, 0.25) is 21.8 Å².